The van der Waals surface area contributed by atoms with Crippen LogP contribution in [0.25, 0.3) is 0 Å². The maximum Gasteiger partial charge on any atom is 0.0587 e. The molecule has 0 aliphatic carbocycles. The van der Waals surface area contributed by atoms with Gasteiger partial charge in [-0.1, -0.05) is 70.4 Å². The van der Waals surface area contributed by atoms with Gasteiger partial charge in [-0.05, 0) is 17.9 Å². The molecule has 2 atom stereocenters. The summed E-state index contributed by atoms with van der Waals surface area (Å²) in [4.78, 5) is 0. The number of aliphatic hydroxyl groups is 1. The molecule has 0 aliphatic rings. The van der Waals surface area contributed by atoms with Gasteiger partial charge in [0.15, 0.2) is 0 Å². The minimum absolute atomic E-state index is 0.173. The van der Waals surface area contributed by atoms with Crippen LogP contribution in [-0.4, -0.2) is 17.8 Å². The molecule has 0 fully saturated rings. The van der Waals surface area contributed by atoms with E-state index in [4.69, 9.17) is 0 Å². The van der Waals surface area contributed by atoms with Crippen LogP contribution in [0.5, 0.6) is 0 Å². The highest BCUT2D eigenvalue weighted by atomic mass is 16.3. The number of hydrogen-bond acceptors (Lipinski definition) is 2. The summed E-state index contributed by atoms with van der Waals surface area (Å²) in [5, 5.41) is 13.1. The van der Waals surface area contributed by atoms with Gasteiger partial charge >= 0.3 is 0 Å². The molecule has 0 bridgehead atoms. The molecule has 2 heteroatoms. The van der Waals surface area contributed by atoms with Crippen LogP contribution in [0.3, 0.4) is 0 Å². The van der Waals surface area contributed by atoms with E-state index >= 15 is 0 Å². The summed E-state index contributed by atoms with van der Waals surface area (Å²) in [7, 11) is 0. The average molecular weight is 263 g/mol. The molecular formula is C17H29NO. The number of nitrogens with one attached hydrogen (secondary N) is 1. The summed E-state index contributed by atoms with van der Waals surface area (Å²) in [6, 6.07) is 11.1. The summed E-state index contributed by atoms with van der Waals surface area (Å²) >= 11 is 0. The third-order valence-corrected chi connectivity index (χ3v) is 3.71. The van der Waals surface area contributed by atoms with Crippen LogP contribution in [0, 0.1) is 5.92 Å². The van der Waals surface area contributed by atoms with E-state index in [2.05, 4.69) is 56.4 Å². The summed E-state index contributed by atoms with van der Waals surface area (Å²) in [5.41, 5.74) is 1.33. The van der Waals surface area contributed by atoms with E-state index in [1.165, 1.54) is 24.8 Å². The molecule has 2 nitrogen and oxygen atoms in total. The Morgan fingerprint density at radius 3 is 2.32 bits per heavy atom. The number of hydrogen-bond donors (Lipinski definition) is 2. The normalized spacial score (nSPS) is 14.6. The van der Waals surface area contributed by atoms with Crippen molar-refractivity contribution in [2.75, 3.05) is 6.61 Å². The zero-order chi connectivity index (χ0) is 14.1. The highest BCUT2D eigenvalue weighted by Crippen LogP contribution is 2.21. The van der Waals surface area contributed by atoms with Crippen molar-refractivity contribution in [1.82, 2.24) is 5.32 Å². The quantitative estimate of drug-likeness (QED) is 0.662. The van der Waals surface area contributed by atoms with Crippen LogP contribution in [0.15, 0.2) is 30.3 Å². The predicted octanol–water partition coefficient (Wildman–Crippen LogP) is 3.91. The van der Waals surface area contributed by atoms with Gasteiger partial charge in [-0.25, -0.2) is 0 Å². The first kappa shape index (κ1) is 16.2. The lowest BCUT2D eigenvalue weighted by atomic mass is 9.97. The second kappa shape index (κ2) is 9.11. The summed E-state index contributed by atoms with van der Waals surface area (Å²) in [6.07, 6.45) is 4.89. The van der Waals surface area contributed by atoms with Gasteiger partial charge in [0.25, 0.3) is 0 Å². The lowest BCUT2D eigenvalue weighted by molar-refractivity contribution is 0.196. The van der Waals surface area contributed by atoms with Crippen molar-refractivity contribution < 1.29 is 5.11 Å². The summed E-state index contributed by atoms with van der Waals surface area (Å²) < 4.78 is 0. The van der Waals surface area contributed by atoms with Crippen molar-refractivity contribution in [2.24, 2.45) is 5.92 Å². The monoisotopic (exact) mass is 263 g/mol. The van der Waals surface area contributed by atoms with E-state index in [0.717, 1.165) is 6.42 Å². The van der Waals surface area contributed by atoms with E-state index < -0.39 is 0 Å². The van der Waals surface area contributed by atoms with Crippen LogP contribution in [-0.2, 0) is 0 Å². The van der Waals surface area contributed by atoms with Crippen molar-refractivity contribution in [3.8, 4) is 0 Å². The second-order valence-corrected chi connectivity index (χ2v) is 5.66. The molecule has 0 saturated heterocycles. The number of rotatable bonds is 9. The number of benzene rings is 1. The van der Waals surface area contributed by atoms with E-state index in [1.54, 1.807) is 0 Å². The first-order valence-electron chi connectivity index (χ1n) is 7.60. The Morgan fingerprint density at radius 1 is 1.11 bits per heavy atom. The van der Waals surface area contributed by atoms with Gasteiger partial charge in [-0.3, -0.25) is 0 Å². The van der Waals surface area contributed by atoms with Gasteiger partial charge in [-0.2, -0.15) is 0 Å². The van der Waals surface area contributed by atoms with Crippen LogP contribution >= 0.6 is 0 Å². The molecule has 2 N–H and O–H groups in total. The molecule has 0 heterocycles. The minimum Gasteiger partial charge on any atom is -0.395 e. The van der Waals surface area contributed by atoms with Crippen LogP contribution in [0.4, 0.5) is 0 Å². The Morgan fingerprint density at radius 2 is 1.79 bits per heavy atom. The lowest BCUT2D eigenvalue weighted by Crippen LogP contribution is -2.39. The van der Waals surface area contributed by atoms with E-state index in [1.807, 2.05) is 0 Å². The van der Waals surface area contributed by atoms with Crippen LogP contribution in [0.2, 0.25) is 0 Å². The maximum absolute atomic E-state index is 9.50. The third-order valence-electron chi connectivity index (χ3n) is 3.71. The molecule has 0 amide bonds. The summed E-state index contributed by atoms with van der Waals surface area (Å²) in [5.74, 6) is 0.447. The molecule has 0 radical (unpaired) electrons. The SMILES string of the molecule is CCCCCC(NC(CO)C(C)C)c1ccccc1. The largest absolute Gasteiger partial charge is 0.395 e. The van der Waals surface area contributed by atoms with Crippen molar-refractivity contribution in [2.45, 2.75) is 58.5 Å². The average Bonchev–Trinajstić information content (AvgIpc) is 2.43. The first-order valence-corrected chi connectivity index (χ1v) is 7.60. The van der Waals surface area contributed by atoms with E-state index in [0.29, 0.717) is 12.0 Å². The Hall–Kier alpha value is -0.860. The van der Waals surface area contributed by atoms with Gasteiger partial charge < -0.3 is 10.4 Å². The van der Waals surface area contributed by atoms with Gasteiger partial charge in [0.05, 0.1) is 6.61 Å². The van der Waals surface area contributed by atoms with E-state index in [-0.39, 0.29) is 12.6 Å². The smallest absolute Gasteiger partial charge is 0.0587 e. The minimum atomic E-state index is 0.173. The highest BCUT2D eigenvalue weighted by Gasteiger charge is 2.18. The van der Waals surface area contributed by atoms with E-state index in [9.17, 15) is 5.11 Å². The molecule has 0 saturated carbocycles. The Bertz CT molecular complexity index is 323. The first-order chi connectivity index (χ1) is 9.19. The van der Waals surface area contributed by atoms with Crippen LogP contribution < -0.4 is 5.32 Å². The molecule has 19 heavy (non-hydrogen) atoms. The zero-order valence-corrected chi connectivity index (χ0v) is 12.6. The topological polar surface area (TPSA) is 32.3 Å². The Labute approximate surface area is 118 Å². The maximum atomic E-state index is 9.50. The fourth-order valence-corrected chi connectivity index (χ4v) is 2.34. The second-order valence-electron chi connectivity index (χ2n) is 5.66. The molecule has 108 valence electrons. The predicted molar refractivity (Wildman–Crippen MR) is 82.2 cm³/mol. The van der Waals surface area contributed by atoms with Crippen molar-refractivity contribution in [3.05, 3.63) is 35.9 Å². The highest BCUT2D eigenvalue weighted by molar-refractivity contribution is 5.19. The molecule has 0 spiro atoms. The van der Waals surface area contributed by atoms with Crippen molar-refractivity contribution in [1.29, 1.82) is 0 Å². The Kier molecular flexibility index (Phi) is 7.76. The third kappa shape index (κ3) is 5.75. The molecular weight excluding hydrogens is 234 g/mol. The fourth-order valence-electron chi connectivity index (χ4n) is 2.34. The Balaban J connectivity index is 2.69. The van der Waals surface area contributed by atoms with Gasteiger partial charge in [0.2, 0.25) is 0 Å². The molecule has 1 aromatic carbocycles. The fraction of sp³-hybridized carbons (Fsp3) is 0.647. The van der Waals surface area contributed by atoms with Crippen molar-refractivity contribution in [3.63, 3.8) is 0 Å². The molecule has 2 unspecified atom stereocenters. The molecule has 1 aromatic rings. The van der Waals surface area contributed by atoms with Gasteiger partial charge in [0, 0.05) is 12.1 Å². The lowest BCUT2D eigenvalue weighted by Gasteiger charge is -2.27. The molecule has 1 rings (SSSR count). The van der Waals surface area contributed by atoms with Gasteiger partial charge in [-0.15, -0.1) is 0 Å². The summed E-state index contributed by atoms with van der Waals surface area (Å²) in [6.45, 7) is 6.74. The number of aliphatic hydroxyl groups excluding tert-OH is 1. The van der Waals surface area contributed by atoms with Crippen LogP contribution in [0.1, 0.15) is 58.1 Å². The number of unbranched alkanes of at least 4 members (excludes halogenated alkanes) is 2. The van der Waals surface area contributed by atoms with Gasteiger partial charge in [0.1, 0.15) is 0 Å². The molecule has 0 aromatic heterocycles. The zero-order valence-electron chi connectivity index (χ0n) is 12.6. The van der Waals surface area contributed by atoms with Crippen molar-refractivity contribution >= 4 is 0 Å². The molecule has 0 aliphatic heterocycles. The standard InChI is InChI=1S/C17H29NO/c1-4-5-7-12-16(15-10-8-6-9-11-15)18-17(13-19)14(2)3/h6,8-11,14,16-19H,4-5,7,12-13H2,1-3H3.